The molecule has 7 heteroatoms. The number of hydrogen-bond donors (Lipinski definition) is 1. The lowest BCUT2D eigenvalue weighted by atomic mass is 10.1. The van der Waals surface area contributed by atoms with Gasteiger partial charge in [-0.3, -0.25) is 9.48 Å². The minimum absolute atomic E-state index is 0.180. The number of hydrogen-bond acceptors (Lipinski definition) is 5. The fourth-order valence-corrected chi connectivity index (χ4v) is 2.69. The molecule has 1 N–H and O–H groups in total. The molecule has 0 saturated heterocycles. The van der Waals surface area contributed by atoms with E-state index in [1.165, 1.54) is 11.3 Å². The first-order valence-electron chi connectivity index (χ1n) is 7.54. The minimum Gasteiger partial charge on any atom is -0.492 e. The monoisotopic (exact) mass is 337 g/mol. The molecule has 2 aromatic rings. The second-order valence-corrected chi connectivity index (χ2v) is 6.62. The summed E-state index contributed by atoms with van der Waals surface area (Å²) in [6, 6.07) is 1.80. The Morgan fingerprint density at radius 3 is 2.96 bits per heavy atom. The summed E-state index contributed by atoms with van der Waals surface area (Å²) >= 11 is 1.36. The van der Waals surface area contributed by atoms with E-state index in [4.69, 9.17) is 9.47 Å². The van der Waals surface area contributed by atoms with Gasteiger partial charge in [0.1, 0.15) is 10.6 Å². The first kappa shape index (κ1) is 17.5. The van der Waals surface area contributed by atoms with Crippen molar-refractivity contribution in [1.29, 1.82) is 0 Å². The summed E-state index contributed by atoms with van der Waals surface area (Å²) < 4.78 is 12.6. The van der Waals surface area contributed by atoms with Crippen molar-refractivity contribution in [3.05, 3.63) is 28.7 Å². The summed E-state index contributed by atoms with van der Waals surface area (Å²) in [5.41, 5.74) is 0.472. The van der Waals surface area contributed by atoms with Crippen molar-refractivity contribution in [3.63, 3.8) is 0 Å². The molecule has 0 atom stereocenters. The number of methoxy groups -OCH3 is 1. The van der Waals surface area contributed by atoms with Crippen LogP contribution in [0.4, 0.5) is 5.69 Å². The fraction of sp³-hybridized carbons (Fsp3) is 0.500. The molecule has 0 fully saturated rings. The molecule has 126 valence electrons. The van der Waals surface area contributed by atoms with Gasteiger partial charge in [0.15, 0.2) is 0 Å². The second kappa shape index (κ2) is 7.61. The van der Waals surface area contributed by atoms with Gasteiger partial charge in [0.2, 0.25) is 0 Å². The van der Waals surface area contributed by atoms with Crippen LogP contribution in [0.25, 0.3) is 0 Å². The molecular formula is C16H23N3O3S. The summed E-state index contributed by atoms with van der Waals surface area (Å²) in [6.07, 6.45) is 4.29. The fourth-order valence-electron chi connectivity index (χ4n) is 1.96. The zero-order valence-electron chi connectivity index (χ0n) is 14.0. The van der Waals surface area contributed by atoms with E-state index < -0.39 is 0 Å². The third-order valence-corrected chi connectivity index (χ3v) is 4.42. The van der Waals surface area contributed by atoms with Crippen LogP contribution in [0, 0.1) is 0 Å². The Labute approximate surface area is 140 Å². The highest BCUT2D eigenvalue weighted by molar-refractivity contribution is 7.12. The van der Waals surface area contributed by atoms with Gasteiger partial charge in [0.25, 0.3) is 5.91 Å². The van der Waals surface area contributed by atoms with Gasteiger partial charge < -0.3 is 14.8 Å². The van der Waals surface area contributed by atoms with Crippen LogP contribution in [-0.2, 0) is 11.3 Å². The van der Waals surface area contributed by atoms with E-state index in [0.717, 1.165) is 13.0 Å². The average molecular weight is 337 g/mol. The molecule has 23 heavy (non-hydrogen) atoms. The Morgan fingerprint density at radius 2 is 2.26 bits per heavy atom. The normalized spacial score (nSPS) is 11.5. The Morgan fingerprint density at radius 1 is 1.48 bits per heavy atom. The lowest BCUT2D eigenvalue weighted by molar-refractivity contribution is 0.0113. The van der Waals surface area contributed by atoms with Gasteiger partial charge in [-0.2, -0.15) is 5.10 Å². The number of aromatic nitrogens is 2. The van der Waals surface area contributed by atoms with Crippen LogP contribution in [0.1, 0.15) is 36.9 Å². The largest absolute Gasteiger partial charge is 0.492 e. The van der Waals surface area contributed by atoms with Crippen LogP contribution in [0.3, 0.4) is 0 Å². The molecule has 0 bridgehead atoms. The predicted octanol–water partition coefficient (Wildman–Crippen LogP) is 3.41. The van der Waals surface area contributed by atoms with Crippen LogP contribution in [0.15, 0.2) is 23.8 Å². The maximum absolute atomic E-state index is 12.3. The van der Waals surface area contributed by atoms with Crippen molar-refractivity contribution >= 4 is 22.9 Å². The zero-order valence-corrected chi connectivity index (χ0v) is 14.8. The molecule has 0 unspecified atom stereocenters. The van der Waals surface area contributed by atoms with Crippen molar-refractivity contribution in [2.75, 3.05) is 19.0 Å². The predicted molar refractivity (Wildman–Crippen MR) is 91.4 cm³/mol. The number of nitrogens with one attached hydrogen (secondary N) is 1. The van der Waals surface area contributed by atoms with Crippen LogP contribution in [0.2, 0.25) is 0 Å². The van der Waals surface area contributed by atoms with Crippen LogP contribution < -0.4 is 10.1 Å². The molecule has 2 aromatic heterocycles. The third kappa shape index (κ3) is 4.80. The van der Waals surface area contributed by atoms with Crippen LogP contribution >= 0.6 is 11.3 Å². The third-order valence-electron chi connectivity index (χ3n) is 3.52. The van der Waals surface area contributed by atoms with Crippen molar-refractivity contribution in [2.24, 2.45) is 0 Å². The molecule has 6 nitrogen and oxygen atoms in total. The van der Waals surface area contributed by atoms with Gasteiger partial charge in [0.05, 0.1) is 24.1 Å². The van der Waals surface area contributed by atoms with E-state index >= 15 is 0 Å². The first-order valence-corrected chi connectivity index (χ1v) is 8.42. The average Bonchev–Trinajstić information content (AvgIpc) is 3.15. The number of carbonyl (C=O) groups is 1. The van der Waals surface area contributed by atoms with Crippen molar-refractivity contribution in [3.8, 4) is 5.75 Å². The molecule has 0 saturated carbocycles. The Bertz CT molecular complexity index is 649. The Kier molecular flexibility index (Phi) is 5.79. The Hall–Kier alpha value is -1.86. The molecule has 0 radical (unpaired) electrons. The smallest absolute Gasteiger partial charge is 0.269 e. The molecule has 0 aliphatic heterocycles. The number of anilines is 1. The van der Waals surface area contributed by atoms with E-state index in [0.29, 0.717) is 22.9 Å². The van der Waals surface area contributed by atoms with Gasteiger partial charge in [-0.15, -0.1) is 11.3 Å². The second-order valence-electron chi connectivity index (χ2n) is 5.71. The van der Waals surface area contributed by atoms with Crippen molar-refractivity contribution in [1.82, 2.24) is 9.78 Å². The van der Waals surface area contributed by atoms with E-state index in [9.17, 15) is 4.79 Å². The summed E-state index contributed by atoms with van der Waals surface area (Å²) in [5.74, 6) is 0.435. The van der Waals surface area contributed by atoms with E-state index in [-0.39, 0.29) is 11.5 Å². The molecular weight excluding hydrogens is 314 g/mol. The van der Waals surface area contributed by atoms with Gasteiger partial charge in [-0.1, -0.05) is 0 Å². The number of carbonyl (C=O) groups excluding carboxylic acids is 1. The van der Waals surface area contributed by atoms with Crippen molar-refractivity contribution < 1.29 is 14.3 Å². The number of thiophene rings is 1. The van der Waals surface area contributed by atoms with Gasteiger partial charge in [-0.25, -0.2) is 0 Å². The molecule has 0 aromatic carbocycles. The van der Waals surface area contributed by atoms with Gasteiger partial charge >= 0.3 is 0 Å². The zero-order chi connectivity index (χ0) is 16.9. The Balaban J connectivity index is 1.96. The number of aryl methyl sites for hydroxylation is 1. The number of rotatable bonds is 8. The molecule has 0 aliphatic rings. The topological polar surface area (TPSA) is 65.4 Å². The van der Waals surface area contributed by atoms with E-state index in [2.05, 4.69) is 10.4 Å². The van der Waals surface area contributed by atoms with Crippen LogP contribution in [-0.4, -0.2) is 35.0 Å². The number of amides is 1. The molecule has 2 rings (SSSR count). The molecule has 0 spiro atoms. The van der Waals surface area contributed by atoms with Gasteiger partial charge in [-0.05, 0) is 38.6 Å². The van der Waals surface area contributed by atoms with Crippen molar-refractivity contribution in [2.45, 2.75) is 39.3 Å². The molecule has 0 aliphatic carbocycles. The summed E-state index contributed by atoms with van der Waals surface area (Å²) in [6.45, 7) is 7.21. The van der Waals surface area contributed by atoms with Gasteiger partial charge in [0, 0.05) is 19.9 Å². The number of ether oxygens (including phenoxy) is 2. The summed E-state index contributed by atoms with van der Waals surface area (Å²) in [5, 5.41) is 8.96. The minimum atomic E-state index is -0.196. The quantitative estimate of drug-likeness (QED) is 0.802. The highest BCUT2D eigenvalue weighted by atomic mass is 32.1. The molecule has 2 heterocycles. The summed E-state index contributed by atoms with van der Waals surface area (Å²) in [4.78, 5) is 12.9. The SMILES string of the molecule is CCOc1ccsc1C(=O)Nc1cnn(CCC(C)(C)OC)c1. The maximum Gasteiger partial charge on any atom is 0.269 e. The number of nitrogens with zero attached hydrogens (tertiary/aromatic N) is 2. The highest BCUT2D eigenvalue weighted by Gasteiger charge is 2.17. The van der Waals surface area contributed by atoms with E-state index in [1.807, 2.05) is 32.3 Å². The van der Waals surface area contributed by atoms with E-state index in [1.54, 1.807) is 24.1 Å². The summed E-state index contributed by atoms with van der Waals surface area (Å²) in [7, 11) is 1.70. The maximum atomic E-state index is 12.3. The first-order chi connectivity index (χ1) is 10.9. The standard InChI is InChI=1S/C16H23N3O3S/c1-5-22-13-6-9-23-14(13)15(20)18-12-10-17-19(11-12)8-7-16(2,3)21-4/h6,9-11H,5,7-8H2,1-4H3,(H,18,20). The molecule has 1 amide bonds. The lowest BCUT2D eigenvalue weighted by Gasteiger charge is -2.22. The highest BCUT2D eigenvalue weighted by Crippen LogP contribution is 2.26. The van der Waals surface area contributed by atoms with Crippen LogP contribution in [0.5, 0.6) is 5.75 Å². The lowest BCUT2D eigenvalue weighted by Crippen LogP contribution is -2.24.